The van der Waals surface area contributed by atoms with Crippen LogP contribution in [0.25, 0.3) is 0 Å². The summed E-state index contributed by atoms with van der Waals surface area (Å²) in [7, 11) is 4.49. The van der Waals surface area contributed by atoms with Crippen molar-refractivity contribution >= 4 is 0 Å². The summed E-state index contributed by atoms with van der Waals surface area (Å²) in [5.41, 5.74) is 0.460. The third-order valence-corrected chi connectivity index (χ3v) is 4.79. The van der Waals surface area contributed by atoms with Crippen LogP contribution in [0.4, 0.5) is 0 Å². The van der Waals surface area contributed by atoms with E-state index in [9.17, 15) is 0 Å². The summed E-state index contributed by atoms with van der Waals surface area (Å²) in [4.78, 5) is 7.68. The standard InChI is InChI=1S/C13H27N3/c1-12-11-16(10-9-15(12)4)13(2)5-7-14(3)8-6-13/h12H,5-11H2,1-4H3. The Morgan fingerprint density at radius 3 is 2.19 bits per heavy atom. The Hall–Kier alpha value is -0.120. The maximum Gasteiger partial charge on any atom is 0.0206 e. The minimum atomic E-state index is 0.460. The molecule has 0 radical (unpaired) electrons. The quantitative estimate of drug-likeness (QED) is 0.662. The fourth-order valence-corrected chi connectivity index (χ4v) is 2.96. The summed E-state index contributed by atoms with van der Waals surface area (Å²) < 4.78 is 0. The molecule has 16 heavy (non-hydrogen) atoms. The van der Waals surface area contributed by atoms with Crippen molar-refractivity contribution in [3.05, 3.63) is 0 Å². The molecule has 0 bridgehead atoms. The van der Waals surface area contributed by atoms with Gasteiger partial charge in [0, 0.05) is 31.2 Å². The predicted molar refractivity (Wildman–Crippen MR) is 68.8 cm³/mol. The van der Waals surface area contributed by atoms with Crippen molar-refractivity contribution < 1.29 is 0 Å². The number of hydrogen-bond donors (Lipinski definition) is 0. The second kappa shape index (κ2) is 4.63. The van der Waals surface area contributed by atoms with Gasteiger partial charge in [-0.2, -0.15) is 0 Å². The van der Waals surface area contributed by atoms with Crippen molar-refractivity contribution in [3.8, 4) is 0 Å². The average Bonchev–Trinajstić information content (AvgIpc) is 2.26. The molecule has 0 aromatic rings. The molecule has 0 amide bonds. The monoisotopic (exact) mass is 225 g/mol. The number of likely N-dealkylation sites (tertiary alicyclic amines) is 1. The first-order valence-electron chi connectivity index (χ1n) is 6.65. The minimum Gasteiger partial charge on any atom is -0.306 e. The van der Waals surface area contributed by atoms with Gasteiger partial charge in [-0.05, 0) is 53.9 Å². The van der Waals surface area contributed by atoms with Crippen LogP contribution in [0, 0.1) is 0 Å². The minimum absolute atomic E-state index is 0.460. The lowest BCUT2D eigenvalue weighted by Crippen LogP contribution is -2.60. The van der Waals surface area contributed by atoms with Crippen LogP contribution >= 0.6 is 0 Å². The Balaban J connectivity index is 1.96. The molecule has 3 nitrogen and oxygen atoms in total. The Bertz CT molecular complexity index is 233. The van der Waals surface area contributed by atoms with E-state index in [1.54, 1.807) is 0 Å². The van der Waals surface area contributed by atoms with Gasteiger partial charge < -0.3 is 9.80 Å². The summed E-state index contributed by atoms with van der Waals surface area (Å²) in [5.74, 6) is 0. The van der Waals surface area contributed by atoms with Gasteiger partial charge in [-0.15, -0.1) is 0 Å². The fourth-order valence-electron chi connectivity index (χ4n) is 2.96. The Kier molecular flexibility index (Phi) is 3.57. The summed E-state index contributed by atoms with van der Waals surface area (Å²) in [6.07, 6.45) is 2.67. The number of piperidine rings is 1. The van der Waals surface area contributed by atoms with Gasteiger partial charge in [0.25, 0.3) is 0 Å². The van der Waals surface area contributed by atoms with Crippen LogP contribution in [0.3, 0.4) is 0 Å². The van der Waals surface area contributed by atoms with E-state index in [0.717, 1.165) is 0 Å². The first kappa shape index (κ1) is 12.3. The van der Waals surface area contributed by atoms with Crippen LogP contribution in [0.15, 0.2) is 0 Å². The molecule has 3 heteroatoms. The summed E-state index contributed by atoms with van der Waals surface area (Å²) in [6.45, 7) is 11.1. The van der Waals surface area contributed by atoms with Crippen molar-refractivity contribution in [2.24, 2.45) is 0 Å². The highest BCUT2D eigenvalue weighted by Crippen LogP contribution is 2.29. The number of rotatable bonds is 1. The molecule has 94 valence electrons. The topological polar surface area (TPSA) is 9.72 Å². The van der Waals surface area contributed by atoms with E-state index >= 15 is 0 Å². The second-order valence-electron chi connectivity index (χ2n) is 6.08. The van der Waals surface area contributed by atoms with Crippen LogP contribution in [0.5, 0.6) is 0 Å². The molecule has 0 aromatic carbocycles. The van der Waals surface area contributed by atoms with Crippen molar-refractivity contribution in [2.75, 3.05) is 46.8 Å². The van der Waals surface area contributed by atoms with Gasteiger partial charge >= 0.3 is 0 Å². The number of hydrogen-bond acceptors (Lipinski definition) is 3. The van der Waals surface area contributed by atoms with E-state index < -0.39 is 0 Å². The van der Waals surface area contributed by atoms with Gasteiger partial charge in [-0.25, -0.2) is 0 Å². The second-order valence-corrected chi connectivity index (χ2v) is 6.08. The molecule has 0 aliphatic carbocycles. The maximum atomic E-state index is 2.74. The van der Waals surface area contributed by atoms with E-state index in [-0.39, 0.29) is 0 Å². The fraction of sp³-hybridized carbons (Fsp3) is 1.00. The predicted octanol–water partition coefficient (Wildman–Crippen LogP) is 1.11. The van der Waals surface area contributed by atoms with E-state index in [2.05, 4.69) is 42.6 Å². The van der Waals surface area contributed by atoms with E-state index in [1.807, 2.05) is 0 Å². The molecule has 1 atom stereocenters. The third kappa shape index (κ3) is 2.41. The Morgan fingerprint density at radius 2 is 1.62 bits per heavy atom. The zero-order chi connectivity index (χ0) is 11.8. The summed E-state index contributed by atoms with van der Waals surface area (Å²) in [6, 6.07) is 0.713. The lowest BCUT2D eigenvalue weighted by Gasteiger charge is -2.50. The van der Waals surface area contributed by atoms with Crippen molar-refractivity contribution in [1.82, 2.24) is 14.7 Å². The third-order valence-electron chi connectivity index (χ3n) is 4.79. The smallest absolute Gasteiger partial charge is 0.0206 e. The van der Waals surface area contributed by atoms with Crippen molar-refractivity contribution in [2.45, 2.75) is 38.3 Å². The van der Waals surface area contributed by atoms with Crippen LogP contribution in [0.2, 0.25) is 0 Å². The van der Waals surface area contributed by atoms with Gasteiger partial charge in [0.2, 0.25) is 0 Å². The van der Waals surface area contributed by atoms with Crippen LogP contribution in [0.1, 0.15) is 26.7 Å². The molecule has 2 heterocycles. The maximum absolute atomic E-state index is 2.74. The number of piperazine rings is 1. The van der Waals surface area contributed by atoms with Crippen molar-refractivity contribution in [1.29, 1.82) is 0 Å². The van der Waals surface area contributed by atoms with Gasteiger partial charge in [-0.3, -0.25) is 4.90 Å². The normalized spacial score (nSPS) is 34.1. The van der Waals surface area contributed by atoms with Crippen LogP contribution in [-0.2, 0) is 0 Å². The van der Waals surface area contributed by atoms with Crippen molar-refractivity contribution in [3.63, 3.8) is 0 Å². The first-order valence-corrected chi connectivity index (χ1v) is 6.65. The van der Waals surface area contributed by atoms with E-state index in [4.69, 9.17) is 0 Å². The molecular weight excluding hydrogens is 198 g/mol. The molecule has 2 aliphatic heterocycles. The molecule has 2 saturated heterocycles. The zero-order valence-electron chi connectivity index (χ0n) is 11.4. The van der Waals surface area contributed by atoms with Gasteiger partial charge in [0.05, 0.1) is 0 Å². The Labute approximate surface area is 100 Å². The lowest BCUT2D eigenvalue weighted by atomic mass is 9.87. The number of nitrogens with zero attached hydrogens (tertiary/aromatic N) is 3. The molecule has 0 spiro atoms. The van der Waals surface area contributed by atoms with Crippen LogP contribution in [-0.4, -0.2) is 73.1 Å². The lowest BCUT2D eigenvalue weighted by molar-refractivity contribution is -0.00875. The highest BCUT2D eigenvalue weighted by molar-refractivity contribution is 4.94. The molecule has 2 rings (SSSR count). The average molecular weight is 225 g/mol. The van der Waals surface area contributed by atoms with Gasteiger partial charge in [0.15, 0.2) is 0 Å². The van der Waals surface area contributed by atoms with Gasteiger partial charge in [0.1, 0.15) is 0 Å². The molecule has 0 N–H and O–H groups in total. The first-order chi connectivity index (χ1) is 7.51. The Morgan fingerprint density at radius 1 is 1.00 bits per heavy atom. The highest BCUT2D eigenvalue weighted by atomic mass is 15.3. The molecular formula is C13H27N3. The molecule has 0 saturated carbocycles. The highest BCUT2D eigenvalue weighted by Gasteiger charge is 2.37. The molecule has 2 fully saturated rings. The molecule has 2 aliphatic rings. The zero-order valence-corrected chi connectivity index (χ0v) is 11.4. The SMILES string of the molecule is CC1CN(C2(C)CCN(C)CC2)CCN1C. The molecule has 1 unspecified atom stereocenters. The summed E-state index contributed by atoms with van der Waals surface area (Å²) in [5, 5.41) is 0. The van der Waals surface area contributed by atoms with E-state index in [0.29, 0.717) is 11.6 Å². The largest absolute Gasteiger partial charge is 0.306 e. The van der Waals surface area contributed by atoms with Crippen LogP contribution < -0.4 is 0 Å². The summed E-state index contributed by atoms with van der Waals surface area (Å²) >= 11 is 0. The van der Waals surface area contributed by atoms with Gasteiger partial charge in [-0.1, -0.05) is 0 Å². The molecule has 0 aromatic heterocycles. The van der Waals surface area contributed by atoms with E-state index in [1.165, 1.54) is 45.6 Å². The number of likely N-dealkylation sites (N-methyl/N-ethyl adjacent to an activating group) is 1.